The minimum absolute atomic E-state index is 0.0225. The van der Waals surface area contributed by atoms with Crippen LogP contribution in [0.15, 0.2) is 24.3 Å². The number of ether oxygens (including phenoxy) is 1. The van der Waals surface area contributed by atoms with Crippen molar-refractivity contribution in [3.8, 4) is 0 Å². The highest BCUT2D eigenvalue weighted by atomic mass is 16.5. The minimum Gasteiger partial charge on any atom is -0.458 e. The molecule has 0 aromatic heterocycles. The van der Waals surface area contributed by atoms with Gasteiger partial charge < -0.3 is 4.74 Å². The molecule has 2 saturated carbocycles. The van der Waals surface area contributed by atoms with Gasteiger partial charge >= 0.3 is 5.97 Å². The average molecular weight is 286 g/mol. The lowest BCUT2D eigenvalue weighted by molar-refractivity contribution is -0.156. The maximum Gasteiger partial charge on any atom is 0.309 e. The molecule has 0 radical (unpaired) electrons. The number of hydrogen-bond donors (Lipinski definition) is 0. The third kappa shape index (κ3) is 2.61. The van der Waals surface area contributed by atoms with Crippen molar-refractivity contribution < 1.29 is 9.53 Å². The SMILES string of the molecule is Cc1ccc(C(C)OC(=O)C2CC3CC2C(C)C3C)cc1. The fourth-order valence-electron chi connectivity index (χ4n) is 4.38. The van der Waals surface area contributed by atoms with E-state index in [2.05, 4.69) is 45.0 Å². The van der Waals surface area contributed by atoms with Crippen LogP contribution in [0, 0.1) is 36.5 Å². The number of hydrogen-bond acceptors (Lipinski definition) is 2. The third-order valence-electron chi connectivity index (χ3n) is 6.04. The fraction of sp³-hybridized carbons (Fsp3) is 0.632. The number of carbonyl (C=O) groups excluding carboxylic acids is 1. The largest absolute Gasteiger partial charge is 0.458 e. The molecule has 2 fully saturated rings. The quantitative estimate of drug-likeness (QED) is 0.763. The Bertz CT molecular complexity index is 517. The first-order valence-electron chi connectivity index (χ1n) is 8.24. The van der Waals surface area contributed by atoms with Crippen molar-refractivity contribution in [3.05, 3.63) is 35.4 Å². The molecule has 0 spiro atoms. The van der Waals surface area contributed by atoms with E-state index in [0.717, 1.165) is 23.8 Å². The van der Waals surface area contributed by atoms with Crippen LogP contribution in [-0.4, -0.2) is 5.97 Å². The average Bonchev–Trinajstić information content (AvgIpc) is 3.00. The zero-order valence-electron chi connectivity index (χ0n) is 13.5. The summed E-state index contributed by atoms with van der Waals surface area (Å²) in [6, 6.07) is 8.25. The molecule has 0 aliphatic heterocycles. The van der Waals surface area contributed by atoms with Crippen LogP contribution < -0.4 is 0 Å². The summed E-state index contributed by atoms with van der Waals surface area (Å²) in [5.41, 5.74) is 2.31. The van der Waals surface area contributed by atoms with Gasteiger partial charge in [-0.25, -0.2) is 0 Å². The Labute approximate surface area is 127 Å². The van der Waals surface area contributed by atoms with E-state index in [4.69, 9.17) is 4.74 Å². The lowest BCUT2D eigenvalue weighted by atomic mass is 9.76. The van der Waals surface area contributed by atoms with Crippen molar-refractivity contribution in [2.24, 2.45) is 29.6 Å². The second kappa shape index (κ2) is 5.47. The van der Waals surface area contributed by atoms with Gasteiger partial charge in [-0.05, 0) is 55.9 Å². The van der Waals surface area contributed by atoms with Crippen LogP contribution in [-0.2, 0) is 9.53 Å². The first-order valence-corrected chi connectivity index (χ1v) is 8.24. The van der Waals surface area contributed by atoms with Gasteiger partial charge in [0, 0.05) is 0 Å². The maximum atomic E-state index is 12.5. The lowest BCUT2D eigenvalue weighted by Gasteiger charge is -2.31. The summed E-state index contributed by atoms with van der Waals surface area (Å²) in [4.78, 5) is 12.5. The van der Waals surface area contributed by atoms with Gasteiger partial charge in [0.25, 0.3) is 0 Å². The topological polar surface area (TPSA) is 26.3 Å². The molecule has 0 N–H and O–H groups in total. The molecule has 2 bridgehead atoms. The summed E-state index contributed by atoms with van der Waals surface area (Å²) in [5, 5.41) is 0. The molecule has 0 amide bonds. The van der Waals surface area contributed by atoms with E-state index in [-0.39, 0.29) is 18.0 Å². The Morgan fingerprint density at radius 2 is 1.81 bits per heavy atom. The fourth-order valence-corrected chi connectivity index (χ4v) is 4.38. The van der Waals surface area contributed by atoms with E-state index in [9.17, 15) is 4.79 Å². The maximum absolute atomic E-state index is 12.5. The Balaban J connectivity index is 1.63. The smallest absolute Gasteiger partial charge is 0.309 e. The highest BCUT2D eigenvalue weighted by Crippen LogP contribution is 2.55. The van der Waals surface area contributed by atoms with Gasteiger partial charge in [-0.3, -0.25) is 4.79 Å². The molecule has 0 saturated heterocycles. The molecule has 21 heavy (non-hydrogen) atoms. The number of esters is 1. The van der Waals surface area contributed by atoms with E-state index < -0.39 is 0 Å². The molecule has 2 heteroatoms. The van der Waals surface area contributed by atoms with Gasteiger partial charge in [-0.2, -0.15) is 0 Å². The number of fused-ring (bicyclic) bond motifs is 2. The molecule has 2 aliphatic carbocycles. The Hall–Kier alpha value is -1.31. The van der Waals surface area contributed by atoms with Crippen LogP contribution in [0.25, 0.3) is 0 Å². The van der Waals surface area contributed by atoms with Crippen molar-refractivity contribution >= 4 is 5.97 Å². The number of carbonyl (C=O) groups is 1. The second-order valence-electron chi connectivity index (χ2n) is 7.21. The van der Waals surface area contributed by atoms with Gasteiger partial charge in [-0.1, -0.05) is 43.7 Å². The molecule has 114 valence electrons. The van der Waals surface area contributed by atoms with Gasteiger partial charge in [-0.15, -0.1) is 0 Å². The van der Waals surface area contributed by atoms with Crippen LogP contribution in [0.1, 0.15) is 50.8 Å². The minimum atomic E-state index is -0.148. The van der Waals surface area contributed by atoms with Crippen molar-refractivity contribution in [2.75, 3.05) is 0 Å². The van der Waals surface area contributed by atoms with E-state index in [0.29, 0.717) is 11.8 Å². The van der Waals surface area contributed by atoms with Gasteiger partial charge in [0.15, 0.2) is 0 Å². The molecule has 6 atom stereocenters. The second-order valence-corrected chi connectivity index (χ2v) is 7.21. The summed E-state index contributed by atoms with van der Waals surface area (Å²) in [6.45, 7) is 8.68. The van der Waals surface area contributed by atoms with Crippen LogP contribution in [0.3, 0.4) is 0 Å². The van der Waals surface area contributed by atoms with E-state index >= 15 is 0 Å². The number of rotatable bonds is 3. The summed E-state index contributed by atoms with van der Waals surface area (Å²) in [7, 11) is 0. The molecule has 6 unspecified atom stereocenters. The van der Waals surface area contributed by atoms with Crippen molar-refractivity contribution in [1.82, 2.24) is 0 Å². The Morgan fingerprint density at radius 1 is 1.14 bits per heavy atom. The van der Waals surface area contributed by atoms with E-state index in [1.54, 1.807) is 0 Å². The van der Waals surface area contributed by atoms with Crippen LogP contribution in [0.5, 0.6) is 0 Å². The third-order valence-corrected chi connectivity index (χ3v) is 6.04. The van der Waals surface area contributed by atoms with Crippen LogP contribution in [0.4, 0.5) is 0 Å². The zero-order chi connectivity index (χ0) is 15.1. The Kier molecular flexibility index (Phi) is 3.81. The zero-order valence-corrected chi connectivity index (χ0v) is 13.5. The predicted octanol–water partition coefficient (Wildman–Crippen LogP) is 4.53. The monoisotopic (exact) mass is 286 g/mol. The van der Waals surface area contributed by atoms with Crippen molar-refractivity contribution in [2.45, 2.75) is 46.6 Å². The number of aryl methyl sites for hydroxylation is 1. The molecule has 3 rings (SSSR count). The van der Waals surface area contributed by atoms with E-state index in [1.165, 1.54) is 12.0 Å². The number of benzene rings is 1. The lowest BCUT2D eigenvalue weighted by Crippen LogP contribution is -2.31. The van der Waals surface area contributed by atoms with Crippen molar-refractivity contribution in [3.63, 3.8) is 0 Å². The van der Waals surface area contributed by atoms with Crippen LogP contribution >= 0.6 is 0 Å². The summed E-state index contributed by atoms with van der Waals surface area (Å²) >= 11 is 0. The molecule has 1 aromatic carbocycles. The summed E-state index contributed by atoms with van der Waals surface area (Å²) < 4.78 is 5.76. The molecule has 0 heterocycles. The predicted molar refractivity (Wildman–Crippen MR) is 83.7 cm³/mol. The Morgan fingerprint density at radius 3 is 2.38 bits per heavy atom. The molecule has 2 aliphatic rings. The molecule has 1 aromatic rings. The summed E-state index contributed by atoms with van der Waals surface area (Å²) in [6.07, 6.45) is 2.11. The van der Waals surface area contributed by atoms with E-state index in [1.807, 2.05) is 6.92 Å². The van der Waals surface area contributed by atoms with Gasteiger partial charge in [0.05, 0.1) is 5.92 Å². The normalized spacial score (nSPS) is 35.7. The highest BCUT2D eigenvalue weighted by molar-refractivity contribution is 5.74. The van der Waals surface area contributed by atoms with Gasteiger partial charge in [0.2, 0.25) is 0 Å². The van der Waals surface area contributed by atoms with Crippen LogP contribution in [0.2, 0.25) is 0 Å². The highest BCUT2D eigenvalue weighted by Gasteiger charge is 2.51. The summed E-state index contributed by atoms with van der Waals surface area (Å²) in [5.74, 6) is 2.87. The molecule has 2 nitrogen and oxygen atoms in total. The first kappa shape index (κ1) is 14.6. The molecular weight excluding hydrogens is 260 g/mol. The first-order chi connectivity index (χ1) is 9.97. The van der Waals surface area contributed by atoms with Crippen molar-refractivity contribution in [1.29, 1.82) is 0 Å². The standard InChI is InChI=1S/C19H26O2/c1-11-5-7-15(8-6-11)14(4)21-19(20)18-10-16-9-17(18)13(3)12(16)2/h5-8,12-14,16-18H,9-10H2,1-4H3. The molecular formula is C19H26O2. The van der Waals surface area contributed by atoms with Gasteiger partial charge in [0.1, 0.15) is 6.10 Å².